The summed E-state index contributed by atoms with van der Waals surface area (Å²) in [7, 11) is 0. The molecule has 19 heavy (non-hydrogen) atoms. The lowest BCUT2D eigenvalue weighted by Crippen LogP contribution is -2.06. The Morgan fingerprint density at radius 3 is 2.74 bits per heavy atom. The average Bonchev–Trinajstić information content (AvgIpc) is 2.45. The van der Waals surface area contributed by atoms with Crippen molar-refractivity contribution in [1.29, 1.82) is 0 Å². The topological polar surface area (TPSA) is 34.2 Å². The van der Waals surface area contributed by atoms with E-state index in [2.05, 4.69) is 31.3 Å². The van der Waals surface area contributed by atoms with Gasteiger partial charge in [0.25, 0.3) is 0 Å². The van der Waals surface area contributed by atoms with Gasteiger partial charge in [0.05, 0.1) is 6.61 Å². The standard InChI is InChI=1S/C16H22N2O/c1-4-10-17-16-12(5-2)11-13-8-7-9-14(19-6-3)15(13)18-16/h7-9,11H,4-6,10H2,1-3H3,(H,17,18). The number of hydrogen-bond acceptors (Lipinski definition) is 3. The van der Waals surface area contributed by atoms with Crippen LogP contribution in [0, 0.1) is 0 Å². The zero-order chi connectivity index (χ0) is 13.7. The van der Waals surface area contributed by atoms with Gasteiger partial charge in [-0.1, -0.05) is 26.0 Å². The van der Waals surface area contributed by atoms with Crippen LogP contribution in [-0.4, -0.2) is 18.1 Å². The molecule has 1 aromatic heterocycles. The quantitative estimate of drug-likeness (QED) is 0.849. The molecule has 2 rings (SSSR count). The second-order valence-corrected chi connectivity index (χ2v) is 4.54. The first kappa shape index (κ1) is 13.7. The highest BCUT2D eigenvalue weighted by molar-refractivity contribution is 5.87. The van der Waals surface area contributed by atoms with Crippen molar-refractivity contribution in [2.75, 3.05) is 18.5 Å². The second-order valence-electron chi connectivity index (χ2n) is 4.54. The van der Waals surface area contributed by atoms with Crippen LogP contribution in [0.1, 0.15) is 32.8 Å². The first-order valence-electron chi connectivity index (χ1n) is 7.09. The van der Waals surface area contributed by atoms with E-state index in [4.69, 9.17) is 9.72 Å². The Balaban J connectivity index is 2.51. The molecule has 102 valence electrons. The van der Waals surface area contributed by atoms with Crippen molar-refractivity contribution in [1.82, 2.24) is 4.98 Å². The molecule has 0 bridgehead atoms. The summed E-state index contributed by atoms with van der Waals surface area (Å²) in [5.74, 6) is 1.85. The Kier molecular flexibility index (Phi) is 4.61. The van der Waals surface area contributed by atoms with Crippen LogP contribution in [0.2, 0.25) is 0 Å². The maximum Gasteiger partial charge on any atom is 0.145 e. The number of nitrogens with zero attached hydrogens (tertiary/aromatic N) is 1. The molecule has 0 amide bonds. The molecule has 0 saturated carbocycles. The SMILES string of the molecule is CCCNc1nc2c(OCC)cccc2cc1CC. The predicted molar refractivity (Wildman–Crippen MR) is 81.1 cm³/mol. The zero-order valence-electron chi connectivity index (χ0n) is 12.0. The van der Waals surface area contributed by atoms with E-state index in [1.165, 1.54) is 5.56 Å². The van der Waals surface area contributed by atoms with Crippen LogP contribution in [0.3, 0.4) is 0 Å². The summed E-state index contributed by atoms with van der Waals surface area (Å²) in [5, 5.41) is 4.55. The lowest BCUT2D eigenvalue weighted by molar-refractivity contribution is 0.343. The monoisotopic (exact) mass is 258 g/mol. The summed E-state index contributed by atoms with van der Waals surface area (Å²) >= 11 is 0. The number of rotatable bonds is 6. The number of aromatic nitrogens is 1. The third-order valence-corrected chi connectivity index (χ3v) is 3.11. The third kappa shape index (κ3) is 2.98. The molecule has 0 atom stereocenters. The fourth-order valence-electron chi connectivity index (χ4n) is 2.15. The summed E-state index contributed by atoms with van der Waals surface area (Å²) in [6, 6.07) is 8.30. The minimum absolute atomic E-state index is 0.661. The summed E-state index contributed by atoms with van der Waals surface area (Å²) in [4.78, 5) is 4.77. The summed E-state index contributed by atoms with van der Waals surface area (Å²) < 4.78 is 5.66. The van der Waals surface area contributed by atoms with Gasteiger partial charge in [-0.05, 0) is 37.5 Å². The molecular weight excluding hydrogens is 236 g/mol. The zero-order valence-corrected chi connectivity index (χ0v) is 12.0. The first-order chi connectivity index (χ1) is 9.30. The highest BCUT2D eigenvalue weighted by Crippen LogP contribution is 2.28. The normalized spacial score (nSPS) is 10.7. The van der Waals surface area contributed by atoms with Crippen LogP contribution in [0.5, 0.6) is 5.75 Å². The van der Waals surface area contributed by atoms with E-state index in [9.17, 15) is 0 Å². The van der Waals surface area contributed by atoms with E-state index in [-0.39, 0.29) is 0 Å². The van der Waals surface area contributed by atoms with Crippen molar-refractivity contribution in [3.05, 3.63) is 29.8 Å². The molecule has 0 radical (unpaired) electrons. The molecule has 0 fully saturated rings. The molecule has 1 heterocycles. The van der Waals surface area contributed by atoms with Gasteiger partial charge in [-0.3, -0.25) is 0 Å². The van der Waals surface area contributed by atoms with Gasteiger partial charge in [0.2, 0.25) is 0 Å². The maximum absolute atomic E-state index is 5.66. The number of anilines is 1. The lowest BCUT2D eigenvalue weighted by Gasteiger charge is -2.13. The minimum atomic E-state index is 0.661. The number of fused-ring (bicyclic) bond motifs is 1. The van der Waals surface area contributed by atoms with Gasteiger partial charge in [-0.2, -0.15) is 0 Å². The molecule has 0 aliphatic carbocycles. The Bertz CT molecular complexity index is 552. The Morgan fingerprint density at radius 2 is 2.05 bits per heavy atom. The third-order valence-electron chi connectivity index (χ3n) is 3.11. The highest BCUT2D eigenvalue weighted by atomic mass is 16.5. The second kappa shape index (κ2) is 6.41. The van der Waals surface area contributed by atoms with Gasteiger partial charge < -0.3 is 10.1 Å². The van der Waals surface area contributed by atoms with Crippen LogP contribution < -0.4 is 10.1 Å². The highest BCUT2D eigenvalue weighted by Gasteiger charge is 2.08. The van der Waals surface area contributed by atoms with E-state index < -0.39 is 0 Å². The van der Waals surface area contributed by atoms with Crippen LogP contribution in [0.25, 0.3) is 10.9 Å². The fraction of sp³-hybridized carbons (Fsp3) is 0.438. The van der Waals surface area contributed by atoms with Crippen LogP contribution in [0.15, 0.2) is 24.3 Å². The largest absolute Gasteiger partial charge is 0.492 e. The first-order valence-corrected chi connectivity index (χ1v) is 7.09. The molecule has 1 N–H and O–H groups in total. The lowest BCUT2D eigenvalue weighted by atomic mass is 10.1. The molecule has 2 aromatic rings. The smallest absolute Gasteiger partial charge is 0.145 e. The summed E-state index contributed by atoms with van der Waals surface area (Å²) in [5.41, 5.74) is 2.20. The average molecular weight is 258 g/mol. The van der Waals surface area contributed by atoms with Gasteiger partial charge in [0.1, 0.15) is 17.1 Å². The molecule has 3 nitrogen and oxygen atoms in total. The number of benzene rings is 1. The molecule has 0 aliphatic rings. The summed E-state index contributed by atoms with van der Waals surface area (Å²) in [6.07, 6.45) is 2.07. The van der Waals surface area contributed by atoms with Crippen LogP contribution in [0.4, 0.5) is 5.82 Å². The molecule has 0 aliphatic heterocycles. The van der Waals surface area contributed by atoms with Gasteiger partial charge in [0, 0.05) is 11.9 Å². The fourth-order valence-corrected chi connectivity index (χ4v) is 2.15. The van der Waals surface area contributed by atoms with E-state index in [0.717, 1.165) is 41.9 Å². The van der Waals surface area contributed by atoms with E-state index in [0.29, 0.717) is 6.61 Å². The number of hydrogen-bond donors (Lipinski definition) is 1. The predicted octanol–water partition coefficient (Wildman–Crippen LogP) is 4.02. The van der Waals surface area contributed by atoms with Crippen molar-refractivity contribution in [3.63, 3.8) is 0 Å². The molecule has 0 saturated heterocycles. The van der Waals surface area contributed by atoms with Gasteiger partial charge >= 0.3 is 0 Å². The minimum Gasteiger partial charge on any atom is -0.492 e. The van der Waals surface area contributed by atoms with Gasteiger partial charge in [-0.15, -0.1) is 0 Å². The number of ether oxygens (including phenoxy) is 1. The Hall–Kier alpha value is -1.77. The Labute approximate surface area is 115 Å². The summed E-state index contributed by atoms with van der Waals surface area (Å²) in [6.45, 7) is 7.92. The molecule has 0 unspecified atom stereocenters. The van der Waals surface area contributed by atoms with E-state index in [1.807, 2.05) is 19.1 Å². The molecular formula is C16H22N2O. The van der Waals surface area contributed by atoms with Crippen molar-refractivity contribution in [2.45, 2.75) is 33.6 Å². The van der Waals surface area contributed by atoms with Crippen molar-refractivity contribution >= 4 is 16.7 Å². The van der Waals surface area contributed by atoms with Crippen molar-refractivity contribution in [2.24, 2.45) is 0 Å². The molecule has 0 spiro atoms. The van der Waals surface area contributed by atoms with E-state index in [1.54, 1.807) is 0 Å². The molecule has 3 heteroatoms. The van der Waals surface area contributed by atoms with Crippen LogP contribution in [-0.2, 0) is 6.42 Å². The maximum atomic E-state index is 5.66. The van der Waals surface area contributed by atoms with Crippen molar-refractivity contribution in [3.8, 4) is 5.75 Å². The number of para-hydroxylation sites is 1. The van der Waals surface area contributed by atoms with Crippen LogP contribution >= 0.6 is 0 Å². The van der Waals surface area contributed by atoms with E-state index >= 15 is 0 Å². The van der Waals surface area contributed by atoms with Gasteiger partial charge in [0.15, 0.2) is 0 Å². The number of nitrogens with one attached hydrogen (secondary N) is 1. The molecule has 1 aromatic carbocycles. The van der Waals surface area contributed by atoms with Crippen molar-refractivity contribution < 1.29 is 4.74 Å². The number of aryl methyl sites for hydroxylation is 1. The number of pyridine rings is 1. The Morgan fingerprint density at radius 1 is 1.21 bits per heavy atom. The van der Waals surface area contributed by atoms with Gasteiger partial charge in [-0.25, -0.2) is 4.98 Å².